The fraction of sp³-hybridized carbons (Fsp3) is 0.211. The number of non-ortho nitro benzene ring substituents is 1. The zero-order chi connectivity index (χ0) is 22.8. The van der Waals surface area contributed by atoms with Gasteiger partial charge in [0.25, 0.3) is 11.6 Å². The van der Waals surface area contributed by atoms with Crippen LogP contribution in [0.2, 0.25) is 0 Å². The summed E-state index contributed by atoms with van der Waals surface area (Å²) in [5.41, 5.74) is 1.03. The third-order valence-corrected chi connectivity index (χ3v) is 6.14. The first-order valence-corrected chi connectivity index (χ1v) is 10.3. The van der Waals surface area contributed by atoms with Crippen LogP contribution in [0.1, 0.15) is 21.8 Å². The number of ether oxygens (including phenoxy) is 1. The molecule has 0 fully saturated rings. The van der Waals surface area contributed by atoms with Gasteiger partial charge in [0.15, 0.2) is 6.61 Å². The van der Waals surface area contributed by atoms with Crippen molar-refractivity contribution >= 4 is 21.7 Å². The highest BCUT2D eigenvalue weighted by molar-refractivity contribution is 7.89. The molecule has 162 valence electrons. The van der Waals surface area contributed by atoms with Crippen molar-refractivity contribution in [3.63, 3.8) is 0 Å². The normalized spacial score (nSPS) is 11.5. The molecule has 0 N–H and O–H groups in total. The van der Waals surface area contributed by atoms with E-state index in [9.17, 15) is 23.3 Å². The SMILES string of the molecule is Cc1ccc(S(=O)(=O)N(C)C)cc1C(=O)OCc1nnc(-c2ccc([N+](=O)[O-])cc2)o1. The van der Waals surface area contributed by atoms with Crippen molar-refractivity contribution in [1.82, 2.24) is 14.5 Å². The summed E-state index contributed by atoms with van der Waals surface area (Å²) in [6.45, 7) is 1.32. The number of hydrogen-bond donors (Lipinski definition) is 0. The standard InChI is InChI=1S/C19H18N4O7S/c1-12-4-9-15(31(27,28)22(2)3)10-16(12)19(24)29-11-17-20-21-18(30-17)13-5-7-14(8-6-13)23(25)26/h4-10H,11H2,1-3H3. The van der Waals surface area contributed by atoms with Crippen molar-refractivity contribution in [2.24, 2.45) is 0 Å². The number of hydrogen-bond acceptors (Lipinski definition) is 9. The van der Waals surface area contributed by atoms with Crippen molar-refractivity contribution in [2.45, 2.75) is 18.4 Å². The van der Waals surface area contributed by atoms with Crippen LogP contribution in [0, 0.1) is 17.0 Å². The minimum absolute atomic E-state index is 0.0106. The van der Waals surface area contributed by atoms with E-state index in [1.54, 1.807) is 6.92 Å². The van der Waals surface area contributed by atoms with Crippen LogP contribution in [0.15, 0.2) is 51.8 Å². The lowest BCUT2D eigenvalue weighted by Crippen LogP contribution is -2.22. The second-order valence-electron chi connectivity index (χ2n) is 6.65. The number of sulfonamides is 1. The van der Waals surface area contributed by atoms with E-state index in [0.29, 0.717) is 11.1 Å². The predicted molar refractivity (Wildman–Crippen MR) is 108 cm³/mol. The first kappa shape index (κ1) is 22.1. The van der Waals surface area contributed by atoms with E-state index in [1.165, 1.54) is 56.6 Å². The zero-order valence-electron chi connectivity index (χ0n) is 16.8. The molecule has 31 heavy (non-hydrogen) atoms. The number of esters is 1. The molecule has 0 aliphatic heterocycles. The number of carbonyl (C=O) groups is 1. The van der Waals surface area contributed by atoms with E-state index < -0.39 is 20.9 Å². The Bertz CT molecular complexity index is 1230. The monoisotopic (exact) mass is 446 g/mol. The molecule has 0 bridgehead atoms. The highest BCUT2D eigenvalue weighted by Crippen LogP contribution is 2.22. The highest BCUT2D eigenvalue weighted by atomic mass is 32.2. The maximum atomic E-state index is 12.5. The summed E-state index contributed by atoms with van der Waals surface area (Å²) in [6.07, 6.45) is 0. The van der Waals surface area contributed by atoms with Gasteiger partial charge in [-0.3, -0.25) is 10.1 Å². The first-order chi connectivity index (χ1) is 14.6. The minimum Gasteiger partial charge on any atom is -0.452 e. The van der Waals surface area contributed by atoms with Crippen LogP contribution < -0.4 is 0 Å². The second kappa shape index (κ2) is 8.62. The topological polar surface area (TPSA) is 146 Å². The molecule has 1 heterocycles. The molecule has 0 spiro atoms. The summed E-state index contributed by atoms with van der Waals surface area (Å²) in [5.74, 6) is -0.629. The number of rotatable bonds is 7. The molecule has 0 unspecified atom stereocenters. The lowest BCUT2D eigenvalue weighted by atomic mass is 10.1. The van der Waals surface area contributed by atoms with Gasteiger partial charge in [-0.2, -0.15) is 0 Å². The molecule has 12 heteroatoms. The quantitative estimate of drug-likeness (QED) is 0.303. The average Bonchev–Trinajstić information content (AvgIpc) is 3.21. The van der Waals surface area contributed by atoms with Gasteiger partial charge in [0.1, 0.15) is 0 Å². The van der Waals surface area contributed by atoms with Crippen molar-refractivity contribution in [3.8, 4) is 11.5 Å². The molecular formula is C19H18N4O7S. The van der Waals surface area contributed by atoms with Gasteiger partial charge in [0.05, 0.1) is 15.4 Å². The number of aryl methyl sites for hydroxylation is 1. The minimum atomic E-state index is -3.71. The van der Waals surface area contributed by atoms with Gasteiger partial charge >= 0.3 is 5.97 Å². The van der Waals surface area contributed by atoms with Gasteiger partial charge < -0.3 is 9.15 Å². The number of aromatic nitrogens is 2. The maximum absolute atomic E-state index is 12.5. The fourth-order valence-electron chi connectivity index (χ4n) is 2.55. The molecule has 0 atom stereocenters. The number of benzene rings is 2. The van der Waals surface area contributed by atoms with Crippen molar-refractivity contribution in [1.29, 1.82) is 0 Å². The van der Waals surface area contributed by atoms with Gasteiger partial charge in [-0.05, 0) is 36.8 Å². The van der Waals surface area contributed by atoms with Gasteiger partial charge in [-0.1, -0.05) is 6.07 Å². The molecule has 0 amide bonds. The van der Waals surface area contributed by atoms with E-state index in [0.717, 1.165) is 4.31 Å². The van der Waals surface area contributed by atoms with E-state index in [2.05, 4.69) is 10.2 Å². The van der Waals surface area contributed by atoms with Crippen LogP contribution in [0.5, 0.6) is 0 Å². The lowest BCUT2D eigenvalue weighted by Gasteiger charge is -2.13. The Kier molecular flexibility index (Phi) is 6.13. The molecule has 0 aliphatic carbocycles. The Morgan fingerprint density at radius 3 is 2.45 bits per heavy atom. The predicted octanol–water partition coefficient (Wildman–Crippen LogP) is 2.56. The summed E-state index contributed by atoms with van der Waals surface area (Å²) >= 11 is 0. The molecule has 1 aromatic heterocycles. The van der Waals surface area contributed by atoms with Gasteiger partial charge in [0, 0.05) is 31.8 Å². The first-order valence-electron chi connectivity index (χ1n) is 8.87. The van der Waals surface area contributed by atoms with Gasteiger partial charge in [0.2, 0.25) is 15.9 Å². The molecule has 0 radical (unpaired) electrons. The highest BCUT2D eigenvalue weighted by Gasteiger charge is 2.21. The zero-order valence-corrected chi connectivity index (χ0v) is 17.6. The van der Waals surface area contributed by atoms with Crippen LogP contribution in [0.25, 0.3) is 11.5 Å². The summed E-state index contributed by atoms with van der Waals surface area (Å²) in [7, 11) is -0.922. The Labute approximate surface area is 177 Å². The fourth-order valence-corrected chi connectivity index (χ4v) is 3.48. The largest absolute Gasteiger partial charge is 0.452 e. The summed E-state index contributed by atoms with van der Waals surface area (Å²) in [6, 6.07) is 9.71. The number of nitro benzene ring substituents is 1. The van der Waals surface area contributed by atoms with Crippen molar-refractivity contribution < 1.29 is 27.3 Å². The van der Waals surface area contributed by atoms with Gasteiger partial charge in [-0.25, -0.2) is 17.5 Å². The van der Waals surface area contributed by atoms with Gasteiger partial charge in [-0.15, -0.1) is 10.2 Å². The third-order valence-electron chi connectivity index (χ3n) is 4.33. The maximum Gasteiger partial charge on any atom is 0.338 e. The lowest BCUT2D eigenvalue weighted by molar-refractivity contribution is -0.384. The molecule has 0 saturated heterocycles. The molecular weight excluding hydrogens is 428 g/mol. The Morgan fingerprint density at radius 2 is 1.84 bits per heavy atom. The van der Waals surface area contributed by atoms with Crippen LogP contribution in [0.3, 0.4) is 0 Å². The number of carbonyl (C=O) groups excluding carboxylic acids is 1. The van der Waals surface area contributed by atoms with E-state index >= 15 is 0 Å². The Hall–Kier alpha value is -3.64. The summed E-state index contributed by atoms with van der Waals surface area (Å²) < 4.78 is 36.3. The third kappa shape index (κ3) is 4.75. The molecule has 3 rings (SSSR count). The summed E-state index contributed by atoms with van der Waals surface area (Å²) in [4.78, 5) is 22.6. The van der Waals surface area contributed by atoms with Crippen LogP contribution in [0.4, 0.5) is 5.69 Å². The molecule has 3 aromatic rings. The Balaban J connectivity index is 1.72. The Morgan fingerprint density at radius 1 is 1.16 bits per heavy atom. The van der Waals surface area contributed by atoms with E-state index in [4.69, 9.17) is 9.15 Å². The van der Waals surface area contributed by atoms with Crippen molar-refractivity contribution in [2.75, 3.05) is 14.1 Å². The van der Waals surface area contributed by atoms with Crippen LogP contribution in [-0.2, 0) is 21.4 Å². The average molecular weight is 446 g/mol. The smallest absolute Gasteiger partial charge is 0.338 e. The van der Waals surface area contributed by atoms with Crippen molar-refractivity contribution in [3.05, 3.63) is 69.6 Å². The second-order valence-corrected chi connectivity index (χ2v) is 8.80. The van der Waals surface area contributed by atoms with E-state index in [1.807, 2.05) is 0 Å². The molecule has 0 aliphatic rings. The van der Waals surface area contributed by atoms with E-state index in [-0.39, 0.29) is 34.5 Å². The molecule has 2 aromatic carbocycles. The molecule has 0 saturated carbocycles. The summed E-state index contributed by atoms with van der Waals surface area (Å²) in [5, 5.41) is 18.3. The number of nitrogens with zero attached hydrogens (tertiary/aromatic N) is 4. The van der Waals surface area contributed by atoms with Crippen LogP contribution in [-0.4, -0.2) is 47.9 Å². The molecule has 11 nitrogen and oxygen atoms in total. The van der Waals surface area contributed by atoms with Crippen LogP contribution >= 0.6 is 0 Å². The number of nitro groups is 1.